The Labute approximate surface area is 191 Å². The number of aromatic amines is 1. The summed E-state index contributed by atoms with van der Waals surface area (Å²) in [6.07, 6.45) is 3.40. The molecule has 0 radical (unpaired) electrons. The highest BCUT2D eigenvalue weighted by Crippen LogP contribution is 2.42. The standard InChI is InChI=1S/C25H26N4O4/c1-2-3-6-13-27-15-22(30)28-21(25(27)31)14-19-18-7-4-5-8-20(18)26-23(19)24(28)16-9-11-17(12-10-16)29(32)33/h4-5,7-12,21,24,26H,2-3,6,13-15H2,1H3/t21-,24-/m0/s1. The third kappa shape index (κ3) is 3.55. The van der Waals surface area contributed by atoms with Crippen molar-refractivity contribution in [2.75, 3.05) is 13.1 Å². The molecule has 170 valence electrons. The number of para-hydroxylation sites is 1. The van der Waals surface area contributed by atoms with Crippen LogP contribution in [0.15, 0.2) is 48.5 Å². The third-order valence-electron chi connectivity index (χ3n) is 6.79. The zero-order valence-electron chi connectivity index (χ0n) is 18.5. The number of carbonyl (C=O) groups is 2. The van der Waals surface area contributed by atoms with Gasteiger partial charge in [-0.05, 0) is 35.7 Å². The first kappa shape index (κ1) is 21.2. The number of nitro groups is 1. The Balaban J connectivity index is 1.60. The maximum atomic E-state index is 13.5. The lowest BCUT2D eigenvalue weighted by atomic mass is 9.86. The highest BCUT2D eigenvalue weighted by molar-refractivity contribution is 5.97. The number of hydrogen-bond acceptors (Lipinski definition) is 4. The van der Waals surface area contributed by atoms with E-state index in [9.17, 15) is 19.7 Å². The Bertz CT molecular complexity index is 1230. The summed E-state index contributed by atoms with van der Waals surface area (Å²) in [5.74, 6) is -0.114. The molecule has 1 saturated heterocycles. The normalized spacial score (nSPS) is 20.2. The van der Waals surface area contributed by atoms with Crippen molar-refractivity contribution in [2.24, 2.45) is 0 Å². The zero-order valence-corrected chi connectivity index (χ0v) is 18.5. The summed E-state index contributed by atoms with van der Waals surface area (Å²) in [6, 6.07) is 13.1. The summed E-state index contributed by atoms with van der Waals surface area (Å²) in [5.41, 5.74) is 3.60. The predicted molar refractivity (Wildman–Crippen MR) is 124 cm³/mol. The Hall–Kier alpha value is -3.68. The Morgan fingerprint density at radius 3 is 2.58 bits per heavy atom. The van der Waals surface area contributed by atoms with Gasteiger partial charge in [-0.15, -0.1) is 0 Å². The van der Waals surface area contributed by atoms with E-state index < -0.39 is 17.0 Å². The van der Waals surface area contributed by atoms with Gasteiger partial charge in [0.05, 0.1) is 17.5 Å². The van der Waals surface area contributed by atoms with Gasteiger partial charge in [-0.3, -0.25) is 19.7 Å². The van der Waals surface area contributed by atoms with Crippen molar-refractivity contribution in [3.8, 4) is 0 Å². The maximum absolute atomic E-state index is 13.5. The number of unbranched alkanes of at least 4 members (excludes halogenated alkanes) is 2. The molecular weight excluding hydrogens is 420 g/mol. The van der Waals surface area contributed by atoms with Crippen molar-refractivity contribution in [3.05, 3.63) is 75.5 Å². The van der Waals surface area contributed by atoms with E-state index in [2.05, 4.69) is 11.9 Å². The zero-order chi connectivity index (χ0) is 23.1. The lowest BCUT2D eigenvalue weighted by molar-refractivity contribution is -0.384. The first-order valence-electron chi connectivity index (χ1n) is 11.4. The van der Waals surface area contributed by atoms with Crippen LogP contribution in [0, 0.1) is 10.1 Å². The summed E-state index contributed by atoms with van der Waals surface area (Å²) in [7, 11) is 0. The number of rotatable bonds is 6. The highest BCUT2D eigenvalue weighted by Gasteiger charge is 2.48. The number of amides is 2. The van der Waals surface area contributed by atoms with Gasteiger partial charge in [-0.2, -0.15) is 0 Å². The molecule has 1 N–H and O–H groups in total. The number of benzene rings is 2. The first-order chi connectivity index (χ1) is 16.0. The molecule has 2 aliphatic rings. The van der Waals surface area contributed by atoms with Gasteiger partial charge in [-0.1, -0.05) is 38.0 Å². The van der Waals surface area contributed by atoms with Gasteiger partial charge in [-0.25, -0.2) is 0 Å². The smallest absolute Gasteiger partial charge is 0.269 e. The highest BCUT2D eigenvalue weighted by atomic mass is 16.6. The van der Waals surface area contributed by atoms with Crippen LogP contribution in [0.5, 0.6) is 0 Å². The van der Waals surface area contributed by atoms with Crippen LogP contribution in [0.3, 0.4) is 0 Å². The van der Waals surface area contributed by atoms with Crippen LogP contribution in [0.1, 0.15) is 49.0 Å². The van der Waals surface area contributed by atoms with E-state index in [1.54, 1.807) is 21.9 Å². The number of carbonyl (C=O) groups excluding carboxylic acids is 2. The topological polar surface area (TPSA) is 99.5 Å². The molecule has 0 aliphatic carbocycles. The summed E-state index contributed by atoms with van der Waals surface area (Å²) >= 11 is 0. The Morgan fingerprint density at radius 1 is 1.09 bits per heavy atom. The molecule has 3 aromatic rings. The molecule has 2 aliphatic heterocycles. The minimum absolute atomic E-state index is 0.00822. The molecule has 33 heavy (non-hydrogen) atoms. The molecule has 2 aromatic carbocycles. The SMILES string of the molecule is CCCCCN1CC(=O)N2[C@@H](c3ccc([N+](=O)[O-])cc3)c3[nH]c4ccccc4c3C[C@H]2C1=O. The number of H-pyrrole nitrogens is 1. The van der Waals surface area contributed by atoms with Crippen LogP contribution in [0.4, 0.5) is 5.69 Å². The van der Waals surface area contributed by atoms with Crippen LogP contribution in [-0.2, 0) is 16.0 Å². The van der Waals surface area contributed by atoms with Crippen LogP contribution in [0.25, 0.3) is 10.9 Å². The lowest BCUT2D eigenvalue weighted by Gasteiger charge is -2.47. The molecule has 3 heterocycles. The summed E-state index contributed by atoms with van der Waals surface area (Å²) in [6.45, 7) is 2.77. The fourth-order valence-corrected chi connectivity index (χ4v) is 5.19. The van der Waals surface area contributed by atoms with E-state index in [1.807, 2.05) is 24.3 Å². The monoisotopic (exact) mass is 446 g/mol. The van der Waals surface area contributed by atoms with E-state index in [0.29, 0.717) is 13.0 Å². The van der Waals surface area contributed by atoms with Crippen LogP contribution >= 0.6 is 0 Å². The average Bonchev–Trinajstić information content (AvgIpc) is 3.19. The third-order valence-corrected chi connectivity index (χ3v) is 6.79. The number of nitrogens with one attached hydrogen (secondary N) is 1. The largest absolute Gasteiger partial charge is 0.356 e. The van der Waals surface area contributed by atoms with Gasteiger partial charge >= 0.3 is 0 Å². The number of fused-ring (bicyclic) bond motifs is 4. The molecule has 1 aromatic heterocycles. The van der Waals surface area contributed by atoms with Crippen molar-refractivity contribution in [3.63, 3.8) is 0 Å². The van der Waals surface area contributed by atoms with E-state index in [0.717, 1.165) is 47.0 Å². The van der Waals surface area contributed by atoms with Gasteiger partial charge < -0.3 is 14.8 Å². The molecule has 5 rings (SSSR count). The minimum atomic E-state index is -0.584. The van der Waals surface area contributed by atoms with E-state index in [4.69, 9.17) is 0 Å². The first-order valence-corrected chi connectivity index (χ1v) is 11.4. The molecule has 0 saturated carbocycles. The minimum Gasteiger partial charge on any atom is -0.356 e. The Kier molecular flexibility index (Phi) is 5.36. The van der Waals surface area contributed by atoms with E-state index >= 15 is 0 Å². The lowest BCUT2D eigenvalue weighted by Crippen LogP contribution is -2.63. The van der Waals surface area contributed by atoms with Crippen LogP contribution in [0.2, 0.25) is 0 Å². The summed E-state index contributed by atoms with van der Waals surface area (Å²) < 4.78 is 0. The van der Waals surface area contributed by atoms with Gasteiger partial charge in [0.25, 0.3) is 5.69 Å². The van der Waals surface area contributed by atoms with Crippen molar-refractivity contribution in [1.29, 1.82) is 0 Å². The quantitative estimate of drug-likeness (QED) is 0.352. The fraction of sp³-hybridized carbons (Fsp3) is 0.360. The molecule has 2 amide bonds. The number of aromatic nitrogens is 1. The van der Waals surface area contributed by atoms with Gasteiger partial charge in [0.15, 0.2) is 0 Å². The van der Waals surface area contributed by atoms with Crippen molar-refractivity contribution >= 4 is 28.4 Å². The molecule has 0 spiro atoms. The second-order valence-electron chi connectivity index (χ2n) is 8.80. The Morgan fingerprint density at radius 2 is 1.85 bits per heavy atom. The van der Waals surface area contributed by atoms with Crippen molar-refractivity contribution in [1.82, 2.24) is 14.8 Å². The predicted octanol–water partition coefficient (Wildman–Crippen LogP) is 3.95. The maximum Gasteiger partial charge on any atom is 0.269 e. The van der Waals surface area contributed by atoms with Crippen molar-refractivity contribution < 1.29 is 14.5 Å². The summed E-state index contributed by atoms with van der Waals surface area (Å²) in [4.78, 5) is 44.5. The average molecular weight is 447 g/mol. The fourth-order valence-electron chi connectivity index (χ4n) is 5.19. The molecule has 1 fully saturated rings. The second-order valence-corrected chi connectivity index (χ2v) is 8.80. The molecule has 8 nitrogen and oxygen atoms in total. The van der Waals surface area contributed by atoms with Crippen molar-refractivity contribution in [2.45, 2.75) is 44.7 Å². The summed E-state index contributed by atoms with van der Waals surface area (Å²) in [5, 5.41) is 12.2. The number of hydrogen-bond donors (Lipinski definition) is 1. The van der Waals surface area contributed by atoms with Gasteiger partial charge in [0.1, 0.15) is 6.04 Å². The second kappa shape index (κ2) is 8.35. The number of nitro benzene ring substituents is 1. The van der Waals surface area contributed by atoms with Crippen LogP contribution < -0.4 is 0 Å². The van der Waals surface area contributed by atoms with Crippen LogP contribution in [-0.4, -0.2) is 50.7 Å². The molecule has 0 unspecified atom stereocenters. The molecule has 0 bridgehead atoms. The number of non-ortho nitro benzene ring substituents is 1. The van der Waals surface area contributed by atoms with Gasteiger partial charge in [0.2, 0.25) is 11.8 Å². The van der Waals surface area contributed by atoms with E-state index in [1.165, 1.54) is 12.1 Å². The molecule has 2 atom stereocenters. The molecular formula is C25H26N4O4. The number of nitrogens with zero attached hydrogens (tertiary/aromatic N) is 3. The molecule has 8 heteroatoms. The van der Waals surface area contributed by atoms with E-state index in [-0.39, 0.29) is 24.0 Å². The number of piperazine rings is 1. The van der Waals surface area contributed by atoms with Gasteiger partial charge in [0, 0.05) is 41.7 Å².